The minimum atomic E-state index is -4.78. The van der Waals surface area contributed by atoms with Gasteiger partial charge in [0.25, 0.3) is 5.91 Å². The van der Waals surface area contributed by atoms with E-state index in [4.69, 9.17) is 27.0 Å². The van der Waals surface area contributed by atoms with Crippen molar-refractivity contribution >= 4 is 40.8 Å². The van der Waals surface area contributed by atoms with Crippen LogP contribution >= 0.6 is 12.2 Å². The molecule has 5 aliphatic rings. The van der Waals surface area contributed by atoms with Crippen molar-refractivity contribution in [1.29, 1.82) is 5.26 Å². The van der Waals surface area contributed by atoms with Crippen molar-refractivity contribution in [2.75, 3.05) is 37.8 Å². The molecule has 244 valence electrons. The molecule has 0 spiro atoms. The van der Waals surface area contributed by atoms with Crippen LogP contribution in [0.2, 0.25) is 0 Å². The summed E-state index contributed by atoms with van der Waals surface area (Å²) in [6.45, 7) is 4.45. The first-order chi connectivity index (χ1) is 21.2. The number of halogens is 3. The van der Waals surface area contributed by atoms with Crippen LogP contribution in [0.4, 0.5) is 18.9 Å². The maximum Gasteiger partial charge on any atom is 0.417 e. The highest BCUT2D eigenvalue weighted by molar-refractivity contribution is 7.80. The van der Waals surface area contributed by atoms with E-state index >= 15 is 0 Å². The van der Waals surface area contributed by atoms with Gasteiger partial charge in [-0.05, 0) is 107 Å². The van der Waals surface area contributed by atoms with Gasteiger partial charge in [0.15, 0.2) is 5.11 Å². The molecule has 5 fully saturated rings. The minimum absolute atomic E-state index is 0.0283. The van der Waals surface area contributed by atoms with Gasteiger partial charge in [-0.15, -0.1) is 0 Å². The summed E-state index contributed by atoms with van der Waals surface area (Å²) in [4.78, 5) is 41.1. The van der Waals surface area contributed by atoms with E-state index in [0.29, 0.717) is 24.2 Å². The molecule has 6 rings (SSSR count). The van der Waals surface area contributed by atoms with Gasteiger partial charge >= 0.3 is 12.1 Å². The molecule has 1 N–H and O–H groups in total. The second kappa shape index (κ2) is 12.9. The van der Waals surface area contributed by atoms with Gasteiger partial charge in [-0.1, -0.05) is 0 Å². The quantitative estimate of drug-likeness (QED) is 0.192. The molecule has 13 heteroatoms. The summed E-state index contributed by atoms with van der Waals surface area (Å²) in [5.74, 6) is 1.21. The molecule has 1 aromatic carbocycles. The number of nitriles is 1. The number of carbonyl (C=O) groups excluding carboxylic acids is 3. The molecule has 4 aliphatic carbocycles. The summed E-state index contributed by atoms with van der Waals surface area (Å²) < 4.78 is 51.7. The number of anilines is 1. The van der Waals surface area contributed by atoms with Crippen LogP contribution in [0.25, 0.3) is 0 Å². The van der Waals surface area contributed by atoms with Gasteiger partial charge in [0.1, 0.15) is 12.1 Å². The first kappa shape index (κ1) is 33.1. The van der Waals surface area contributed by atoms with E-state index in [1.165, 1.54) is 31.4 Å². The molecule has 4 bridgehead atoms. The lowest BCUT2D eigenvalue weighted by atomic mass is 9.49. The van der Waals surface area contributed by atoms with Crippen LogP contribution < -0.4 is 10.2 Å². The van der Waals surface area contributed by atoms with E-state index in [1.54, 1.807) is 18.7 Å². The Kier molecular flexibility index (Phi) is 9.48. The van der Waals surface area contributed by atoms with Crippen LogP contribution in [0.1, 0.15) is 76.3 Å². The average molecular weight is 649 g/mol. The van der Waals surface area contributed by atoms with E-state index in [0.717, 1.165) is 36.3 Å². The number of esters is 1. The Morgan fingerprint density at radius 3 is 2.33 bits per heavy atom. The van der Waals surface area contributed by atoms with Crippen LogP contribution in [0.5, 0.6) is 0 Å². The normalized spacial score (nSPS) is 26.7. The number of hydrogen-bond donors (Lipinski definition) is 1. The third-order valence-electron chi connectivity index (χ3n) is 9.80. The lowest BCUT2D eigenvalue weighted by Crippen LogP contribution is -2.50. The highest BCUT2D eigenvalue weighted by atomic mass is 32.1. The average Bonchev–Trinajstić information content (AvgIpc) is 3.13. The molecule has 0 radical (unpaired) electrons. The standard InChI is InChI=1S/C32H39F3N4O5S/c1-30(2)27(41)39(24-6-5-23(19-36)25(15-24)32(33,34)35)29(45)38(30)8-3-4-26(40)37-7-9-43-10-11-44-28(42)31-16-20-12-21(17-31)14-22(13-20)18-31/h5-6,15,20-22H,3-4,7-14,16-18H2,1-2H3,(H,37,40). The summed E-state index contributed by atoms with van der Waals surface area (Å²) in [5, 5.41) is 11.9. The number of carbonyl (C=O) groups is 3. The predicted molar refractivity (Wildman–Crippen MR) is 162 cm³/mol. The maximum atomic E-state index is 13.5. The lowest BCUT2D eigenvalue weighted by molar-refractivity contribution is -0.172. The van der Waals surface area contributed by atoms with Crippen molar-refractivity contribution in [1.82, 2.24) is 10.2 Å². The van der Waals surface area contributed by atoms with Crippen LogP contribution in [0.3, 0.4) is 0 Å². The SMILES string of the molecule is CC1(C)C(=O)N(c2ccc(C#N)c(C(F)(F)F)c2)C(=S)N1CCCC(=O)NCCOCCOC(=O)C12CC3CC(CC(C3)C1)C2. The summed E-state index contributed by atoms with van der Waals surface area (Å²) in [6.07, 6.45) is 2.37. The molecular weight excluding hydrogens is 609 g/mol. The largest absolute Gasteiger partial charge is 0.463 e. The number of benzene rings is 1. The summed E-state index contributed by atoms with van der Waals surface area (Å²) >= 11 is 5.48. The highest BCUT2D eigenvalue weighted by Crippen LogP contribution is 2.60. The predicted octanol–water partition coefficient (Wildman–Crippen LogP) is 4.96. The molecule has 45 heavy (non-hydrogen) atoms. The second-order valence-corrected chi connectivity index (χ2v) is 13.7. The van der Waals surface area contributed by atoms with E-state index in [2.05, 4.69) is 5.32 Å². The number of nitrogens with one attached hydrogen (secondary N) is 1. The third kappa shape index (κ3) is 6.82. The fourth-order valence-electron chi connectivity index (χ4n) is 8.00. The van der Waals surface area contributed by atoms with Crippen molar-refractivity contribution in [3.8, 4) is 6.07 Å². The van der Waals surface area contributed by atoms with Crippen molar-refractivity contribution in [2.24, 2.45) is 23.2 Å². The van der Waals surface area contributed by atoms with E-state index in [1.807, 2.05) is 0 Å². The molecule has 0 aromatic heterocycles. The van der Waals surface area contributed by atoms with Gasteiger partial charge in [0.05, 0.1) is 41.5 Å². The van der Waals surface area contributed by atoms with Crippen molar-refractivity contribution < 1.29 is 37.0 Å². The summed E-state index contributed by atoms with van der Waals surface area (Å²) in [7, 11) is 0. The number of hydrogen-bond acceptors (Lipinski definition) is 7. The van der Waals surface area contributed by atoms with Gasteiger partial charge in [0.2, 0.25) is 5.91 Å². The Labute approximate surface area is 266 Å². The minimum Gasteiger partial charge on any atom is -0.463 e. The zero-order valence-corrected chi connectivity index (χ0v) is 26.4. The topological polar surface area (TPSA) is 112 Å². The Hall–Kier alpha value is -3.24. The van der Waals surface area contributed by atoms with Gasteiger partial charge in [-0.2, -0.15) is 18.4 Å². The van der Waals surface area contributed by atoms with E-state index in [-0.39, 0.29) is 67.4 Å². The zero-order chi connectivity index (χ0) is 32.6. The Balaban J connectivity index is 1.01. The van der Waals surface area contributed by atoms with Crippen molar-refractivity contribution in [3.63, 3.8) is 0 Å². The smallest absolute Gasteiger partial charge is 0.417 e. The first-order valence-corrected chi connectivity index (χ1v) is 15.9. The fourth-order valence-corrected chi connectivity index (χ4v) is 8.51. The number of nitrogens with zero attached hydrogens (tertiary/aromatic N) is 3. The molecule has 2 amide bonds. The molecular formula is C32H39F3N4O5S. The fraction of sp³-hybridized carbons (Fsp3) is 0.656. The lowest BCUT2D eigenvalue weighted by Gasteiger charge is -2.55. The molecule has 1 aromatic rings. The third-order valence-corrected chi connectivity index (χ3v) is 10.2. The van der Waals surface area contributed by atoms with Gasteiger partial charge < -0.3 is 19.7 Å². The monoisotopic (exact) mass is 648 g/mol. The summed E-state index contributed by atoms with van der Waals surface area (Å²) in [5.41, 5.74) is -3.21. The molecule has 1 aliphatic heterocycles. The van der Waals surface area contributed by atoms with Gasteiger partial charge in [-0.3, -0.25) is 19.3 Å². The first-order valence-electron chi connectivity index (χ1n) is 15.5. The van der Waals surface area contributed by atoms with Crippen LogP contribution in [0.15, 0.2) is 18.2 Å². The number of rotatable bonds is 12. The van der Waals surface area contributed by atoms with E-state index < -0.39 is 28.7 Å². The Morgan fingerprint density at radius 1 is 1.09 bits per heavy atom. The van der Waals surface area contributed by atoms with E-state index in [9.17, 15) is 27.6 Å². The molecule has 9 nitrogen and oxygen atoms in total. The summed E-state index contributed by atoms with van der Waals surface area (Å²) in [6, 6.07) is 4.57. The van der Waals surface area contributed by atoms with Gasteiger partial charge in [-0.25, -0.2) is 0 Å². The maximum absolute atomic E-state index is 13.5. The van der Waals surface area contributed by atoms with Gasteiger partial charge in [0, 0.05) is 19.5 Å². The molecule has 4 saturated carbocycles. The van der Waals surface area contributed by atoms with Crippen LogP contribution in [0, 0.1) is 34.5 Å². The van der Waals surface area contributed by atoms with Crippen molar-refractivity contribution in [2.45, 2.75) is 76.9 Å². The van der Waals surface area contributed by atoms with Crippen LogP contribution in [-0.4, -0.2) is 66.2 Å². The highest BCUT2D eigenvalue weighted by Gasteiger charge is 2.55. The molecule has 0 unspecified atom stereocenters. The zero-order valence-electron chi connectivity index (χ0n) is 25.6. The second-order valence-electron chi connectivity index (χ2n) is 13.4. The molecule has 1 saturated heterocycles. The van der Waals surface area contributed by atoms with Crippen LogP contribution in [-0.2, 0) is 30.0 Å². The number of amides is 2. The number of alkyl halides is 3. The Morgan fingerprint density at radius 2 is 1.73 bits per heavy atom. The molecule has 1 heterocycles. The van der Waals surface area contributed by atoms with Crippen molar-refractivity contribution in [3.05, 3.63) is 29.3 Å². The molecule has 0 atom stereocenters. The number of thiocarbonyl (C=S) groups is 1. The number of ether oxygens (including phenoxy) is 2. The Bertz CT molecular complexity index is 1360.